The molecule has 1 unspecified atom stereocenters. The van der Waals surface area contributed by atoms with Crippen molar-refractivity contribution >= 4 is 0 Å². The molecule has 0 aliphatic carbocycles. The SMILES string of the molecule is CCNC(c1cnccn1)c1ccc(C)nc1C. The summed E-state index contributed by atoms with van der Waals surface area (Å²) < 4.78 is 0. The quantitative estimate of drug-likeness (QED) is 0.893. The monoisotopic (exact) mass is 242 g/mol. The van der Waals surface area contributed by atoms with Crippen LogP contribution in [0.25, 0.3) is 0 Å². The zero-order chi connectivity index (χ0) is 13.0. The van der Waals surface area contributed by atoms with Crippen molar-refractivity contribution < 1.29 is 0 Å². The minimum absolute atomic E-state index is 0.0526. The van der Waals surface area contributed by atoms with E-state index in [9.17, 15) is 0 Å². The van der Waals surface area contributed by atoms with Crippen LogP contribution in [0.15, 0.2) is 30.7 Å². The molecular formula is C14H18N4. The Kier molecular flexibility index (Phi) is 3.99. The highest BCUT2D eigenvalue weighted by molar-refractivity contribution is 5.30. The maximum atomic E-state index is 4.51. The molecule has 0 saturated carbocycles. The Morgan fingerprint density at radius 2 is 2.06 bits per heavy atom. The summed E-state index contributed by atoms with van der Waals surface area (Å²) in [6.45, 7) is 6.99. The number of aromatic nitrogens is 3. The number of hydrogen-bond acceptors (Lipinski definition) is 4. The Morgan fingerprint density at radius 1 is 1.22 bits per heavy atom. The number of aryl methyl sites for hydroxylation is 2. The summed E-state index contributed by atoms with van der Waals surface area (Å²) in [6.07, 6.45) is 5.20. The van der Waals surface area contributed by atoms with Crippen LogP contribution in [0.1, 0.15) is 35.6 Å². The van der Waals surface area contributed by atoms with Gasteiger partial charge in [0.15, 0.2) is 0 Å². The first kappa shape index (κ1) is 12.6. The average molecular weight is 242 g/mol. The second-order valence-corrected chi connectivity index (χ2v) is 4.25. The van der Waals surface area contributed by atoms with E-state index in [-0.39, 0.29) is 6.04 Å². The summed E-state index contributed by atoms with van der Waals surface area (Å²) in [6, 6.07) is 4.19. The highest BCUT2D eigenvalue weighted by atomic mass is 14.9. The minimum Gasteiger partial charge on any atom is -0.305 e. The van der Waals surface area contributed by atoms with E-state index in [1.165, 1.54) is 0 Å². The van der Waals surface area contributed by atoms with Crippen LogP contribution in [0.2, 0.25) is 0 Å². The Labute approximate surface area is 108 Å². The Hall–Kier alpha value is -1.81. The Bertz CT molecular complexity index is 510. The summed E-state index contributed by atoms with van der Waals surface area (Å²) in [7, 11) is 0. The molecule has 0 fully saturated rings. The summed E-state index contributed by atoms with van der Waals surface area (Å²) in [5.41, 5.74) is 4.15. The summed E-state index contributed by atoms with van der Waals surface area (Å²) >= 11 is 0. The third kappa shape index (κ3) is 2.71. The fourth-order valence-electron chi connectivity index (χ4n) is 2.04. The molecule has 4 nitrogen and oxygen atoms in total. The van der Waals surface area contributed by atoms with Crippen LogP contribution in [-0.4, -0.2) is 21.5 Å². The van der Waals surface area contributed by atoms with Crippen LogP contribution in [0, 0.1) is 13.8 Å². The van der Waals surface area contributed by atoms with Crippen LogP contribution in [-0.2, 0) is 0 Å². The lowest BCUT2D eigenvalue weighted by Crippen LogP contribution is -2.24. The normalized spacial score (nSPS) is 12.4. The lowest BCUT2D eigenvalue weighted by atomic mass is 10.0. The van der Waals surface area contributed by atoms with Crippen molar-refractivity contribution in [1.82, 2.24) is 20.3 Å². The number of hydrogen-bond donors (Lipinski definition) is 1. The highest BCUT2D eigenvalue weighted by Crippen LogP contribution is 2.22. The Morgan fingerprint density at radius 3 is 2.67 bits per heavy atom. The maximum absolute atomic E-state index is 4.51. The van der Waals surface area contributed by atoms with Crippen molar-refractivity contribution in [2.45, 2.75) is 26.8 Å². The van der Waals surface area contributed by atoms with E-state index in [0.717, 1.165) is 29.2 Å². The lowest BCUT2D eigenvalue weighted by molar-refractivity contribution is 0.607. The van der Waals surface area contributed by atoms with Crippen molar-refractivity contribution in [3.63, 3.8) is 0 Å². The van der Waals surface area contributed by atoms with Gasteiger partial charge in [0, 0.05) is 23.8 Å². The van der Waals surface area contributed by atoms with E-state index in [1.54, 1.807) is 18.6 Å². The molecule has 2 rings (SSSR count). The van der Waals surface area contributed by atoms with Crippen LogP contribution >= 0.6 is 0 Å². The lowest BCUT2D eigenvalue weighted by Gasteiger charge is -2.19. The molecule has 2 heterocycles. The van der Waals surface area contributed by atoms with E-state index < -0.39 is 0 Å². The van der Waals surface area contributed by atoms with E-state index in [2.05, 4.69) is 33.3 Å². The van der Waals surface area contributed by atoms with Crippen molar-refractivity contribution in [1.29, 1.82) is 0 Å². The van der Waals surface area contributed by atoms with E-state index >= 15 is 0 Å². The molecule has 2 aromatic heterocycles. The van der Waals surface area contributed by atoms with Crippen molar-refractivity contribution in [2.24, 2.45) is 0 Å². The van der Waals surface area contributed by atoms with Gasteiger partial charge >= 0.3 is 0 Å². The molecule has 0 bridgehead atoms. The summed E-state index contributed by atoms with van der Waals surface area (Å²) in [4.78, 5) is 13.0. The van der Waals surface area contributed by atoms with Crippen LogP contribution in [0.3, 0.4) is 0 Å². The first-order chi connectivity index (χ1) is 8.72. The van der Waals surface area contributed by atoms with Gasteiger partial charge in [0.25, 0.3) is 0 Å². The third-order valence-electron chi connectivity index (χ3n) is 2.86. The second-order valence-electron chi connectivity index (χ2n) is 4.25. The molecule has 0 aliphatic rings. The third-order valence-corrected chi connectivity index (χ3v) is 2.86. The molecule has 0 aliphatic heterocycles. The van der Waals surface area contributed by atoms with Gasteiger partial charge in [0.1, 0.15) is 0 Å². The van der Waals surface area contributed by atoms with Crippen molar-refractivity contribution in [2.75, 3.05) is 6.54 Å². The van der Waals surface area contributed by atoms with Gasteiger partial charge in [-0.05, 0) is 32.0 Å². The molecule has 94 valence electrons. The summed E-state index contributed by atoms with van der Waals surface area (Å²) in [5, 5.41) is 3.43. The molecule has 0 saturated heterocycles. The molecule has 0 aromatic carbocycles. The molecule has 4 heteroatoms. The number of nitrogens with one attached hydrogen (secondary N) is 1. The fourth-order valence-corrected chi connectivity index (χ4v) is 2.04. The molecule has 2 aromatic rings. The van der Waals surface area contributed by atoms with Gasteiger partial charge in [-0.1, -0.05) is 13.0 Å². The molecule has 1 N–H and O–H groups in total. The van der Waals surface area contributed by atoms with Gasteiger partial charge in [-0.25, -0.2) is 0 Å². The van der Waals surface area contributed by atoms with Gasteiger partial charge in [0.05, 0.1) is 17.9 Å². The summed E-state index contributed by atoms with van der Waals surface area (Å²) in [5.74, 6) is 0. The average Bonchev–Trinajstić information content (AvgIpc) is 2.38. The van der Waals surface area contributed by atoms with E-state index in [0.29, 0.717) is 0 Å². The first-order valence-electron chi connectivity index (χ1n) is 6.15. The smallest absolute Gasteiger partial charge is 0.0802 e. The van der Waals surface area contributed by atoms with Gasteiger partial charge in [-0.2, -0.15) is 0 Å². The van der Waals surface area contributed by atoms with Gasteiger partial charge in [-0.15, -0.1) is 0 Å². The first-order valence-corrected chi connectivity index (χ1v) is 6.15. The molecular weight excluding hydrogens is 224 g/mol. The van der Waals surface area contributed by atoms with E-state index in [4.69, 9.17) is 0 Å². The van der Waals surface area contributed by atoms with Crippen LogP contribution < -0.4 is 5.32 Å². The zero-order valence-corrected chi connectivity index (χ0v) is 11.0. The molecule has 0 spiro atoms. The molecule has 18 heavy (non-hydrogen) atoms. The number of pyridine rings is 1. The predicted molar refractivity (Wildman–Crippen MR) is 71.3 cm³/mol. The zero-order valence-electron chi connectivity index (χ0n) is 11.0. The van der Waals surface area contributed by atoms with Crippen molar-refractivity contribution in [3.8, 4) is 0 Å². The standard InChI is InChI=1S/C14H18N4/c1-4-16-14(13-9-15-7-8-17-13)12-6-5-10(2)18-11(12)3/h5-9,14,16H,4H2,1-3H3. The van der Waals surface area contributed by atoms with Gasteiger partial charge in [-0.3, -0.25) is 15.0 Å². The number of nitrogens with zero attached hydrogens (tertiary/aromatic N) is 3. The largest absolute Gasteiger partial charge is 0.305 e. The maximum Gasteiger partial charge on any atom is 0.0802 e. The van der Waals surface area contributed by atoms with Gasteiger partial charge in [0.2, 0.25) is 0 Å². The minimum atomic E-state index is 0.0526. The Balaban J connectivity index is 2.41. The topological polar surface area (TPSA) is 50.7 Å². The molecule has 1 atom stereocenters. The van der Waals surface area contributed by atoms with Gasteiger partial charge < -0.3 is 5.32 Å². The van der Waals surface area contributed by atoms with Crippen molar-refractivity contribution in [3.05, 3.63) is 53.4 Å². The number of rotatable bonds is 4. The second kappa shape index (κ2) is 5.69. The predicted octanol–water partition coefficient (Wildman–Crippen LogP) is 2.19. The molecule has 0 radical (unpaired) electrons. The van der Waals surface area contributed by atoms with Crippen LogP contribution in [0.4, 0.5) is 0 Å². The van der Waals surface area contributed by atoms with E-state index in [1.807, 2.05) is 19.9 Å². The highest BCUT2D eigenvalue weighted by Gasteiger charge is 2.17. The molecule has 0 amide bonds. The fraction of sp³-hybridized carbons (Fsp3) is 0.357. The van der Waals surface area contributed by atoms with Crippen LogP contribution in [0.5, 0.6) is 0 Å².